The maximum Gasteiger partial charge on any atom is 0.187 e. The van der Waals surface area contributed by atoms with E-state index in [2.05, 4.69) is 6.92 Å². The maximum atomic E-state index is 5.58. The van der Waals surface area contributed by atoms with Crippen LogP contribution in [0.25, 0.3) is 0 Å². The van der Waals surface area contributed by atoms with E-state index in [1.54, 1.807) is 0 Å². The second kappa shape index (κ2) is 9.03. The van der Waals surface area contributed by atoms with E-state index in [0.29, 0.717) is 0 Å². The lowest BCUT2D eigenvalue weighted by molar-refractivity contribution is -0.183. The molecule has 0 unspecified atom stereocenters. The van der Waals surface area contributed by atoms with Gasteiger partial charge in [-0.15, -0.1) is 0 Å². The van der Waals surface area contributed by atoms with E-state index < -0.39 is 0 Å². The molecule has 2 nitrogen and oxygen atoms in total. The molecule has 0 heterocycles. The van der Waals surface area contributed by atoms with Gasteiger partial charge in [-0.25, -0.2) is 0 Å². The molecular weight excluding hydrogens is 179 g/mol. The van der Waals surface area contributed by atoms with E-state index in [0.717, 1.165) is 12.8 Å². The van der Waals surface area contributed by atoms with Crippen molar-refractivity contribution in [2.24, 2.45) is 0 Å². The normalized spacial score (nSPS) is 11.1. The summed E-state index contributed by atoms with van der Waals surface area (Å²) in [6, 6.07) is 0. The summed E-state index contributed by atoms with van der Waals surface area (Å²) in [4.78, 5) is 0. The lowest BCUT2D eigenvalue weighted by Gasteiger charge is -2.22. The Bertz CT molecular complexity index is 95.1. The molecule has 0 aliphatic heterocycles. The summed E-state index contributed by atoms with van der Waals surface area (Å²) in [6.45, 7) is 10.3. The minimum atomic E-state index is -0.0185. The number of rotatable bonds is 6. The largest absolute Gasteiger partial charge is 0.350 e. The zero-order valence-electron chi connectivity index (χ0n) is 8.96. The van der Waals surface area contributed by atoms with Gasteiger partial charge in [0.05, 0.1) is 12.2 Å². The molecule has 0 aliphatic carbocycles. The molecule has 0 aromatic carbocycles. The van der Waals surface area contributed by atoms with Gasteiger partial charge in [-0.1, -0.05) is 13.3 Å². The first kappa shape index (κ1) is 15.9. The summed E-state index contributed by atoms with van der Waals surface area (Å²) in [5.41, 5.74) is 0. The molecule has 0 N–H and O–H groups in total. The van der Waals surface area contributed by atoms with Crippen LogP contribution in [-0.2, 0) is 9.47 Å². The van der Waals surface area contributed by atoms with Gasteiger partial charge in [0, 0.05) is 0 Å². The third kappa shape index (κ3) is 10.4. The lowest BCUT2D eigenvalue weighted by Crippen LogP contribution is -2.24. The Morgan fingerprint density at radius 2 is 1.31 bits per heavy atom. The smallest absolute Gasteiger partial charge is 0.187 e. The fourth-order valence-electron chi connectivity index (χ4n) is 1.01. The highest BCUT2D eigenvalue weighted by molar-refractivity contribution is 5.75. The van der Waals surface area contributed by atoms with Gasteiger partial charge in [-0.3, -0.25) is 0 Å². The molecule has 0 bridgehead atoms. The first-order valence-electron chi connectivity index (χ1n) is 4.87. The minimum Gasteiger partial charge on any atom is -0.350 e. The Balaban J connectivity index is 0. The van der Waals surface area contributed by atoms with Crippen molar-refractivity contribution in [1.29, 1.82) is 0 Å². The minimum absolute atomic E-state index is 0. The molecule has 0 amide bonds. The summed E-state index contributed by atoms with van der Waals surface area (Å²) in [6.07, 6.45) is 2.57. The predicted octanol–water partition coefficient (Wildman–Crippen LogP) is 1.78. The third-order valence-corrected chi connectivity index (χ3v) is 1.37. The summed E-state index contributed by atoms with van der Waals surface area (Å²) >= 11 is 0. The van der Waals surface area contributed by atoms with E-state index in [4.69, 9.17) is 9.47 Å². The Morgan fingerprint density at radius 1 is 0.923 bits per heavy atom. The van der Waals surface area contributed by atoms with Crippen molar-refractivity contribution < 1.29 is 9.47 Å². The standard InChI is InChI=1S/C10H22O2.Al.3H/c1-6-7-10(11-8(2)3)12-9(4)5;;;;/h8-10H,6-7H2,1-5H3;;;;. The molecular formula is C10H25AlO2. The average molecular weight is 204 g/mol. The highest BCUT2D eigenvalue weighted by Crippen LogP contribution is 2.09. The van der Waals surface area contributed by atoms with E-state index in [1.807, 2.05) is 27.7 Å². The molecule has 0 fully saturated rings. The van der Waals surface area contributed by atoms with E-state index in [9.17, 15) is 0 Å². The van der Waals surface area contributed by atoms with Gasteiger partial charge in [0.1, 0.15) is 0 Å². The Hall–Kier alpha value is 0.452. The fourth-order valence-corrected chi connectivity index (χ4v) is 1.01. The highest BCUT2D eigenvalue weighted by atomic mass is 27.0. The summed E-state index contributed by atoms with van der Waals surface area (Å²) in [5, 5.41) is 0. The average Bonchev–Trinajstić information content (AvgIpc) is 1.84. The van der Waals surface area contributed by atoms with Crippen molar-refractivity contribution in [3.8, 4) is 0 Å². The Labute approximate surface area is 93.1 Å². The molecule has 0 atom stereocenters. The first-order valence-corrected chi connectivity index (χ1v) is 4.87. The van der Waals surface area contributed by atoms with Gasteiger partial charge in [-0.05, 0) is 34.1 Å². The van der Waals surface area contributed by atoms with E-state index in [-0.39, 0.29) is 35.9 Å². The van der Waals surface area contributed by atoms with Crippen LogP contribution in [0.1, 0.15) is 47.5 Å². The summed E-state index contributed by atoms with van der Waals surface area (Å²) < 4.78 is 11.2. The quantitative estimate of drug-likeness (QED) is 0.485. The van der Waals surface area contributed by atoms with Crippen LogP contribution in [0.5, 0.6) is 0 Å². The summed E-state index contributed by atoms with van der Waals surface area (Å²) in [5.74, 6) is 0. The van der Waals surface area contributed by atoms with E-state index >= 15 is 0 Å². The molecule has 3 heteroatoms. The highest BCUT2D eigenvalue weighted by Gasteiger charge is 2.11. The second-order valence-electron chi connectivity index (χ2n) is 3.59. The molecule has 0 saturated heterocycles. The summed E-state index contributed by atoms with van der Waals surface area (Å²) in [7, 11) is 0. The van der Waals surface area contributed by atoms with Crippen molar-refractivity contribution in [2.45, 2.75) is 66.0 Å². The van der Waals surface area contributed by atoms with Crippen molar-refractivity contribution in [1.82, 2.24) is 0 Å². The molecule has 0 saturated carbocycles. The van der Waals surface area contributed by atoms with Crippen LogP contribution in [0.3, 0.4) is 0 Å². The predicted molar refractivity (Wildman–Crippen MR) is 61.1 cm³/mol. The monoisotopic (exact) mass is 204 g/mol. The number of hydrogen-bond acceptors (Lipinski definition) is 2. The molecule has 80 valence electrons. The molecule has 0 radical (unpaired) electrons. The van der Waals surface area contributed by atoms with Crippen LogP contribution in [0.4, 0.5) is 0 Å². The van der Waals surface area contributed by atoms with Gasteiger partial charge in [-0.2, -0.15) is 0 Å². The van der Waals surface area contributed by atoms with Crippen LogP contribution in [0.2, 0.25) is 0 Å². The van der Waals surface area contributed by atoms with Gasteiger partial charge in [0.15, 0.2) is 23.7 Å². The second-order valence-corrected chi connectivity index (χ2v) is 3.59. The molecule has 13 heavy (non-hydrogen) atoms. The molecule has 0 spiro atoms. The maximum absolute atomic E-state index is 5.58. The topological polar surface area (TPSA) is 18.5 Å². The van der Waals surface area contributed by atoms with Crippen molar-refractivity contribution in [3.63, 3.8) is 0 Å². The first-order chi connectivity index (χ1) is 5.56. The fraction of sp³-hybridized carbons (Fsp3) is 1.00. The zero-order chi connectivity index (χ0) is 9.56. The number of ether oxygens (including phenoxy) is 2. The van der Waals surface area contributed by atoms with Gasteiger partial charge < -0.3 is 9.47 Å². The van der Waals surface area contributed by atoms with Crippen LogP contribution in [-0.4, -0.2) is 35.9 Å². The van der Waals surface area contributed by atoms with Crippen LogP contribution < -0.4 is 0 Å². The van der Waals surface area contributed by atoms with Gasteiger partial charge >= 0.3 is 0 Å². The Morgan fingerprint density at radius 3 is 1.54 bits per heavy atom. The molecule has 0 rings (SSSR count). The van der Waals surface area contributed by atoms with Crippen molar-refractivity contribution >= 4 is 17.4 Å². The number of hydrogen-bond donors (Lipinski definition) is 0. The molecule has 0 aromatic rings. The van der Waals surface area contributed by atoms with Crippen LogP contribution in [0.15, 0.2) is 0 Å². The zero-order valence-corrected chi connectivity index (χ0v) is 8.96. The van der Waals surface area contributed by atoms with E-state index in [1.165, 1.54) is 0 Å². The van der Waals surface area contributed by atoms with Gasteiger partial charge in [0.25, 0.3) is 0 Å². The van der Waals surface area contributed by atoms with Gasteiger partial charge in [0.2, 0.25) is 0 Å². The van der Waals surface area contributed by atoms with Crippen molar-refractivity contribution in [2.75, 3.05) is 0 Å². The van der Waals surface area contributed by atoms with Crippen LogP contribution in [0, 0.1) is 0 Å². The van der Waals surface area contributed by atoms with Crippen molar-refractivity contribution in [3.05, 3.63) is 0 Å². The molecule has 0 aromatic heterocycles. The Kier molecular flexibility index (Phi) is 11.0. The lowest BCUT2D eigenvalue weighted by atomic mass is 10.3. The SMILES string of the molecule is CCCC(OC(C)C)OC(C)C.[AlH3]. The third-order valence-electron chi connectivity index (χ3n) is 1.37. The molecule has 0 aliphatic rings. The van der Waals surface area contributed by atoms with Crippen LogP contribution >= 0.6 is 0 Å².